The molecule has 0 bridgehead atoms. The molecule has 2 N–H and O–H groups in total. The summed E-state index contributed by atoms with van der Waals surface area (Å²) in [7, 11) is 3.56. The van der Waals surface area contributed by atoms with Gasteiger partial charge in [0.1, 0.15) is 11.6 Å². The van der Waals surface area contributed by atoms with Gasteiger partial charge in [-0.25, -0.2) is 4.98 Å². The smallest absolute Gasteiger partial charge is 0.123 e. The van der Waals surface area contributed by atoms with Crippen molar-refractivity contribution in [3.05, 3.63) is 34.7 Å². The van der Waals surface area contributed by atoms with E-state index >= 15 is 0 Å². The van der Waals surface area contributed by atoms with Crippen LogP contribution in [-0.2, 0) is 13.6 Å². The predicted molar refractivity (Wildman–Crippen MR) is 72.8 cm³/mol. The Morgan fingerprint density at radius 1 is 1.44 bits per heavy atom. The van der Waals surface area contributed by atoms with Crippen LogP contribution in [0, 0.1) is 6.92 Å². The van der Waals surface area contributed by atoms with Crippen LogP contribution in [0.4, 0.5) is 0 Å². The second-order valence-electron chi connectivity index (χ2n) is 4.07. The normalized spacial score (nSPS) is 10.7. The van der Waals surface area contributed by atoms with E-state index in [0.717, 1.165) is 28.5 Å². The summed E-state index contributed by atoms with van der Waals surface area (Å²) in [6.45, 7) is 2.41. The van der Waals surface area contributed by atoms with E-state index in [4.69, 9.17) is 22.1 Å². The molecule has 0 saturated carbocycles. The minimum atomic E-state index is 0.408. The second kappa shape index (κ2) is 5.00. The first-order chi connectivity index (χ1) is 8.58. The average Bonchev–Trinajstić information content (AvgIpc) is 2.66. The third kappa shape index (κ3) is 2.09. The molecule has 0 amide bonds. The van der Waals surface area contributed by atoms with Crippen molar-refractivity contribution in [2.45, 2.75) is 13.5 Å². The standard InChI is InChI=1S/C13H16ClN3O/c1-8-13(16-12(7-15)17(8)2)10-5-4-9(18-3)6-11(10)14/h4-6H,7,15H2,1-3H3. The van der Waals surface area contributed by atoms with Crippen molar-refractivity contribution >= 4 is 11.6 Å². The molecular formula is C13H16ClN3O. The third-order valence-electron chi connectivity index (χ3n) is 3.09. The summed E-state index contributed by atoms with van der Waals surface area (Å²) in [5.74, 6) is 1.57. The molecule has 1 aromatic heterocycles. The number of halogens is 1. The van der Waals surface area contributed by atoms with Crippen LogP contribution in [0.25, 0.3) is 11.3 Å². The van der Waals surface area contributed by atoms with Crippen molar-refractivity contribution in [3.63, 3.8) is 0 Å². The van der Waals surface area contributed by atoms with Gasteiger partial charge in [-0.05, 0) is 25.1 Å². The van der Waals surface area contributed by atoms with Crippen LogP contribution in [0.3, 0.4) is 0 Å². The number of benzene rings is 1. The summed E-state index contributed by atoms with van der Waals surface area (Å²) in [6, 6.07) is 5.57. The highest BCUT2D eigenvalue weighted by atomic mass is 35.5. The lowest BCUT2D eigenvalue weighted by Crippen LogP contribution is -2.05. The fourth-order valence-electron chi connectivity index (χ4n) is 1.89. The quantitative estimate of drug-likeness (QED) is 0.928. The van der Waals surface area contributed by atoms with Gasteiger partial charge in [0.25, 0.3) is 0 Å². The molecule has 0 spiro atoms. The molecule has 4 nitrogen and oxygen atoms in total. The zero-order valence-electron chi connectivity index (χ0n) is 10.7. The van der Waals surface area contributed by atoms with E-state index in [1.807, 2.05) is 30.7 Å². The number of methoxy groups -OCH3 is 1. The van der Waals surface area contributed by atoms with E-state index in [2.05, 4.69) is 4.98 Å². The van der Waals surface area contributed by atoms with Crippen molar-refractivity contribution < 1.29 is 4.74 Å². The molecule has 2 aromatic rings. The average molecular weight is 266 g/mol. The largest absolute Gasteiger partial charge is 0.497 e. The molecule has 0 saturated heterocycles. The van der Waals surface area contributed by atoms with Crippen LogP contribution >= 0.6 is 11.6 Å². The molecule has 0 aliphatic carbocycles. The predicted octanol–water partition coefficient (Wildman–Crippen LogP) is 2.52. The van der Waals surface area contributed by atoms with Gasteiger partial charge in [0.2, 0.25) is 0 Å². The molecular weight excluding hydrogens is 250 g/mol. The van der Waals surface area contributed by atoms with Gasteiger partial charge in [0.15, 0.2) is 0 Å². The lowest BCUT2D eigenvalue weighted by Gasteiger charge is -2.05. The molecule has 2 rings (SSSR count). The zero-order valence-corrected chi connectivity index (χ0v) is 11.5. The summed E-state index contributed by atoms with van der Waals surface area (Å²) in [6.07, 6.45) is 0. The van der Waals surface area contributed by atoms with Crippen LogP contribution in [0.2, 0.25) is 5.02 Å². The number of ether oxygens (including phenoxy) is 1. The maximum atomic E-state index is 6.26. The molecule has 0 radical (unpaired) electrons. The number of aromatic nitrogens is 2. The van der Waals surface area contributed by atoms with Crippen LogP contribution in [0.1, 0.15) is 11.5 Å². The Bertz CT molecular complexity index is 578. The summed E-state index contributed by atoms with van der Waals surface area (Å²) < 4.78 is 7.12. The van der Waals surface area contributed by atoms with Gasteiger partial charge in [0.05, 0.1) is 24.4 Å². The first-order valence-electron chi connectivity index (χ1n) is 5.64. The van der Waals surface area contributed by atoms with Gasteiger partial charge in [-0.15, -0.1) is 0 Å². The first-order valence-corrected chi connectivity index (χ1v) is 6.02. The topological polar surface area (TPSA) is 53.1 Å². The number of hydrogen-bond donors (Lipinski definition) is 1. The van der Waals surface area contributed by atoms with Gasteiger partial charge in [-0.2, -0.15) is 0 Å². The number of nitrogens with two attached hydrogens (primary N) is 1. The Morgan fingerprint density at radius 2 is 2.17 bits per heavy atom. The van der Waals surface area contributed by atoms with Crippen LogP contribution in [0.15, 0.2) is 18.2 Å². The fraction of sp³-hybridized carbons (Fsp3) is 0.308. The maximum Gasteiger partial charge on any atom is 0.123 e. The molecule has 0 fully saturated rings. The first kappa shape index (κ1) is 12.9. The minimum Gasteiger partial charge on any atom is -0.497 e. The fourth-order valence-corrected chi connectivity index (χ4v) is 2.15. The van der Waals surface area contributed by atoms with Crippen LogP contribution in [-0.4, -0.2) is 16.7 Å². The molecule has 0 atom stereocenters. The lowest BCUT2D eigenvalue weighted by atomic mass is 10.1. The maximum absolute atomic E-state index is 6.26. The summed E-state index contributed by atoms with van der Waals surface area (Å²) >= 11 is 6.26. The number of hydrogen-bond acceptors (Lipinski definition) is 3. The number of rotatable bonds is 3. The van der Waals surface area contributed by atoms with Crippen LogP contribution in [0.5, 0.6) is 5.75 Å². The van der Waals surface area contributed by atoms with Crippen molar-refractivity contribution in [1.82, 2.24) is 9.55 Å². The Hall–Kier alpha value is -1.52. The summed E-state index contributed by atoms with van der Waals surface area (Å²) in [5, 5.41) is 0.624. The van der Waals surface area contributed by atoms with Crippen molar-refractivity contribution in [2.24, 2.45) is 12.8 Å². The Kier molecular flexibility index (Phi) is 3.59. The van der Waals surface area contributed by atoms with Gasteiger partial charge in [-0.3, -0.25) is 0 Å². The zero-order chi connectivity index (χ0) is 13.3. The van der Waals surface area contributed by atoms with Gasteiger partial charge in [0, 0.05) is 18.3 Å². The molecule has 96 valence electrons. The molecule has 18 heavy (non-hydrogen) atoms. The minimum absolute atomic E-state index is 0.408. The third-order valence-corrected chi connectivity index (χ3v) is 3.40. The molecule has 0 aliphatic rings. The second-order valence-corrected chi connectivity index (χ2v) is 4.48. The summed E-state index contributed by atoms with van der Waals surface area (Å²) in [4.78, 5) is 4.53. The highest BCUT2D eigenvalue weighted by molar-refractivity contribution is 6.33. The van der Waals surface area contributed by atoms with Crippen molar-refractivity contribution in [2.75, 3.05) is 7.11 Å². The molecule has 0 aliphatic heterocycles. The molecule has 0 unspecified atom stereocenters. The lowest BCUT2D eigenvalue weighted by molar-refractivity contribution is 0.415. The Balaban J connectivity index is 2.55. The van der Waals surface area contributed by atoms with E-state index in [-0.39, 0.29) is 0 Å². The van der Waals surface area contributed by atoms with E-state index in [9.17, 15) is 0 Å². The summed E-state index contributed by atoms with van der Waals surface area (Å²) in [5.41, 5.74) is 8.46. The monoisotopic (exact) mass is 265 g/mol. The van der Waals surface area contributed by atoms with E-state index in [0.29, 0.717) is 11.6 Å². The molecule has 5 heteroatoms. The Morgan fingerprint density at radius 3 is 2.67 bits per heavy atom. The van der Waals surface area contributed by atoms with E-state index in [1.165, 1.54) is 0 Å². The van der Waals surface area contributed by atoms with Crippen molar-refractivity contribution in [3.8, 4) is 17.0 Å². The van der Waals surface area contributed by atoms with Gasteiger partial charge < -0.3 is 15.0 Å². The Labute approximate surface area is 111 Å². The van der Waals surface area contributed by atoms with Gasteiger partial charge in [-0.1, -0.05) is 11.6 Å². The van der Waals surface area contributed by atoms with E-state index < -0.39 is 0 Å². The van der Waals surface area contributed by atoms with Gasteiger partial charge >= 0.3 is 0 Å². The highest BCUT2D eigenvalue weighted by Gasteiger charge is 2.14. The number of nitrogens with zero attached hydrogens (tertiary/aromatic N) is 2. The van der Waals surface area contributed by atoms with Crippen molar-refractivity contribution in [1.29, 1.82) is 0 Å². The molecule has 1 heterocycles. The SMILES string of the molecule is COc1ccc(-c2nc(CN)n(C)c2C)c(Cl)c1. The van der Waals surface area contributed by atoms with Crippen LogP contribution < -0.4 is 10.5 Å². The molecule has 1 aromatic carbocycles. The number of imidazole rings is 1. The highest BCUT2D eigenvalue weighted by Crippen LogP contribution is 2.32. The van der Waals surface area contributed by atoms with E-state index in [1.54, 1.807) is 13.2 Å².